The summed E-state index contributed by atoms with van der Waals surface area (Å²) >= 11 is 0. The van der Waals surface area contributed by atoms with Gasteiger partial charge in [0, 0.05) is 48.8 Å². The molecule has 2 amide bonds. The first kappa shape index (κ1) is 38.2. The number of hydrogen-bond donors (Lipinski definition) is 7. The number of likely N-dealkylation sites (N-methyl/N-ethyl adjacent to an activating group) is 1. The highest BCUT2D eigenvalue weighted by molar-refractivity contribution is 5.94. The minimum atomic E-state index is -2.31. The SMILES string of the molecule is CCN(CCNC(=O)c1ccc(CCNCC(O)c2ccc(O)c3[nH]c(=O)ccc23)cc1)C(=O)COc1cccc(C(O)(C(=O)O)c2ccccc2)c1. The number of H-pyrrole nitrogens is 1. The average molecular weight is 723 g/mol. The zero-order valence-corrected chi connectivity index (χ0v) is 29.1. The molecule has 0 saturated heterocycles. The number of aliphatic hydroxyl groups is 2. The molecule has 0 bridgehead atoms. The van der Waals surface area contributed by atoms with Crippen molar-refractivity contribution in [3.63, 3.8) is 0 Å². The standard InChI is InChI=1S/C40H42N4O9/c1-2-44(36(48)25-53-30-10-6-9-29(23-30)40(52,39(50)51)28-7-4-3-5-8-28)22-21-42-38(49)27-13-11-26(12-14-27)19-20-41-24-34(46)31-15-17-33(45)37-32(31)16-18-35(47)43-37/h3-18,23,34,41,45-46,52H,2,19-22,24-25H2,1H3,(H,42,49)(H,43,47)(H,50,51). The number of hydrogen-bond acceptors (Lipinski definition) is 9. The molecular weight excluding hydrogens is 680 g/mol. The zero-order valence-electron chi connectivity index (χ0n) is 29.1. The number of carboxylic acid groups (broad SMARTS) is 1. The number of amides is 2. The van der Waals surface area contributed by atoms with E-state index in [-0.39, 0.29) is 71.8 Å². The van der Waals surface area contributed by atoms with E-state index in [1.165, 1.54) is 41.3 Å². The van der Waals surface area contributed by atoms with E-state index >= 15 is 0 Å². The summed E-state index contributed by atoms with van der Waals surface area (Å²) in [4.78, 5) is 53.6. The Balaban J connectivity index is 1.05. The van der Waals surface area contributed by atoms with Gasteiger partial charge in [0.05, 0.1) is 11.6 Å². The van der Waals surface area contributed by atoms with Crippen molar-refractivity contribution in [2.24, 2.45) is 0 Å². The van der Waals surface area contributed by atoms with Crippen molar-refractivity contribution < 1.29 is 39.5 Å². The highest BCUT2D eigenvalue weighted by Crippen LogP contribution is 2.32. The molecule has 1 heterocycles. The van der Waals surface area contributed by atoms with Crippen LogP contribution in [-0.2, 0) is 21.6 Å². The smallest absolute Gasteiger partial charge is 0.345 e. The summed E-state index contributed by atoms with van der Waals surface area (Å²) in [7, 11) is 0. The zero-order chi connectivity index (χ0) is 38.0. The molecule has 53 heavy (non-hydrogen) atoms. The Morgan fingerprint density at radius 2 is 1.64 bits per heavy atom. The number of aromatic nitrogens is 1. The second-order valence-electron chi connectivity index (χ2n) is 12.4. The molecule has 276 valence electrons. The molecule has 0 saturated carbocycles. The maximum Gasteiger partial charge on any atom is 0.345 e. The van der Waals surface area contributed by atoms with E-state index in [0.29, 0.717) is 36.0 Å². The van der Waals surface area contributed by atoms with Gasteiger partial charge in [0.25, 0.3) is 11.8 Å². The second-order valence-corrected chi connectivity index (χ2v) is 12.4. The molecule has 0 radical (unpaired) electrons. The van der Waals surface area contributed by atoms with Crippen molar-refractivity contribution >= 4 is 28.7 Å². The van der Waals surface area contributed by atoms with Gasteiger partial charge in [0.15, 0.2) is 6.61 Å². The van der Waals surface area contributed by atoms with Crippen molar-refractivity contribution in [1.82, 2.24) is 20.5 Å². The highest BCUT2D eigenvalue weighted by Gasteiger charge is 2.40. The van der Waals surface area contributed by atoms with Crippen LogP contribution < -0.4 is 20.9 Å². The number of phenolic OH excluding ortho intramolecular Hbond substituents is 1. The molecule has 2 unspecified atom stereocenters. The van der Waals surface area contributed by atoms with E-state index in [4.69, 9.17) is 4.74 Å². The summed E-state index contributed by atoms with van der Waals surface area (Å²) in [6, 6.07) is 27.1. The third kappa shape index (κ3) is 9.26. The number of rotatable bonds is 17. The Kier molecular flexibility index (Phi) is 12.6. The molecule has 5 rings (SSSR count). The minimum absolute atomic E-state index is 0.0702. The molecule has 13 heteroatoms. The summed E-state index contributed by atoms with van der Waals surface area (Å²) in [5, 5.41) is 48.4. The molecule has 7 N–H and O–H groups in total. The first-order chi connectivity index (χ1) is 25.5. The van der Waals surface area contributed by atoms with Crippen molar-refractivity contribution in [3.05, 3.63) is 141 Å². The van der Waals surface area contributed by atoms with E-state index in [2.05, 4.69) is 15.6 Å². The van der Waals surface area contributed by atoms with Crippen molar-refractivity contribution in [2.75, 3.05) is 39.3 Å². The van der Waals surface area contributed by atoms with E-state index in [9.17, 15) is 39.6 Å². The average Bonchev–Trinajstić information content (AvgIpc) is 3.17. The van der Waals surface area contributed by atoms with E-state index in [1.54, 1.807) is 61.5 Å². The van der Waals surface area contributed by atoms with E-state index in [0.717, 1.165) is 5.56 Å². The van der Waals surface area contributed by atoms with Gasteiger partial charge in [0.1, 0.15) is 11.5 Å². The van der Waals surface area contributed by atoms with Gasteiger partial charge in [-0.2, -0.15) is 0 Å². The number of benzene rings is 4. The number of nitrogens with zero attached hydrogens (tertiary/aromatic N) is 1. The Hall–Kier alpha value is -6.02. The topological polar surface area (TPSA) is 202 Å². The molecule has 0 spiro atoms. The molecule has 0 aliphatic rings. The van der Waals surface area contributed by atoms with Crippen LogP contribution in [0.3, 0.4) is 0 Å². The summed E-state index contributed by atoms with van der Waals surface area (Å²) in [6.07, 6.45) is -0.224. The fraction of sp³-hybridized carbons (Fsp3) is 0.250. The van der Waals surface area contributed by atoms with Crippen LogP contribution in [0.2, 0.25) is 0 Å². The van der Waals surface area contributed by atoms with Gasteiger partial charge in [-0.3, -0.25) is 14.4 Å². The Morgan fingerprint density at radius 1 is 0.906 bits per heavy atom. The van der Waals surface area contributed by atoms with Crippen LogP contribution in [-0.4, -0.2) is 87.4 Å². The number of aromatic hydroxyl groups is 1. The predicted molar refractivity (Wildman–Crippen MR) is 198 cm³/mol. The van der Waals surface area contributed by atoms with Gasteiger partial charge >= 0.3 is 5.97 Å². The van der Waals surface area contributed by atoms with Gasteiger partial charge in [-0.1, -0.05) is 60.7 Å². The number of aromatic amines is 1. The molecule has 2 atom stereocenters. The lowest BCUT2D eigenvalue weighted by Gasteiger charge is -2.25. The number of carbonyl (C=O) groups excluding carboxylic acids is 2. The molecule has 1 aromatic heterocycles. The van der Waals surface area contributed by atoms with Gasteiger partial charge < -0.3 is 45.7 Å². The Bertz CT molecular complexity index is 2100. The molecule has 0 aliphatic carbocycles. The summed E-state index contributed by atoms with van der Waals surface area (Å²) in [5.74, 6) is -1.92. The lowest BCUT2D eigenvalue weighted by molar-refractivity contribution is -0.155. The molecular formula is C40H42N4O9. The summed E-state index contributed by atoms with van der Waals surface area (Å²) in [6.45, 7) is 3.11. The lowest BCUT2D eigenvalue weighted by atomic mass is 9.86. The third-order valence-corrected chi connectivity index (χ3v) is 8.93. The molecule has 4 aromatic carbocycles. The van der Waals surface area contributed by atoms with Crippen molar-refractivity contribution in [3.8, 4) is 11.5 Å². The number of aliphatic carboxylic acids is 1. The number of carbonyl (C=O) groups is 3. The Morgan fingerprint density at radius 3 is 2.36 bits per heavy atom. The van der Waals surface area contributed by atoms with E-state index < -0.39 is 17.7 Å². The van der Waals surface area contributed by atoms with Crippen LogP contribution >= 0.6 is 0 Å². The fourth-order valence-corrected chi connectivity index (χ4v) is 5.96. The van der Waals surface area contributed by atoms with Crippen molar-refractivity contribution in [2.45, 2.75) is 25.0 Å². The van der Waals surface area contributed by atoms with Gasteiger partial charge in [0.2, 0.25) is 11.2 Å². The number of fused-ring (bicyclic) bond motifs is 1. The normalized spacial score (nSPS) is 12.8. The van der Waals surface area contributed by atoms with Gasteiger partial charge in [-0.05, 0) is 73.0 Å². The number of carboxylic acids is 1. The summed E-state index contributed by atoms with van der Waals surface area (Å²) < 4.78 is 5.68. The number of nitrogens with one attached hydrogen (secondary N) is 3. The number of ether oxygens (including phenoxy) is 1. The molecule has 5 aromatic rings. The maximum atomic E-state index is 12.9. The second kappa shape index (κ2) is 17.5. The number of aliphatic hydroxyl groups excluding tert-OH is 1. The van der Waals surface area contributed by atoms with Crippen LogP contribution in [0.15, 0.2) is 108 Å². The molecule has 0 fully saturated rings. The van der Waals surface area contributed by atoms with E-state index in [1.807, 2.05) is 12.1 Å². The van der Waals surface area contributed by atoms with Crippen LogP contribution in [0, 0.1) is 0 Å². The third-order valence-electron chi connectivity index (χ3n) is 8.93. The van der Waals surface area contributed by atoms with Crippen LogP contribution in [0.4, 0.5) is 0 Å². The van der Waals surface area contributed by atoms with Gasteiger partial charge in [-0.25, -0.2) is 4.79 Å². The lowest BCUT2D eigenvalue weighted by Crippen LogP contribution is -2.40. The van der Waals surface area contributed by atoms with Gasteiger partial charge in [-0.15, -0.1) is 0 Å². The predicted octanol–water partition coefficient (Wildman–Crippen LogP) is 3.08. The Labute approximate surface area is 305 Å². The van der Waals surface area contributed by atoms with Crippen LogP contribution in [0.5, 0.6) is 11.5 Å². The fourth-order valence-electron chi connectivity index (χ4n) is 5.96. The molecule has 0 aliphatic heterocycles. The largest absolute Gasteiger partial charge is 0.506 e. The first-order valence-corrected chi connectivity index (χ1v) is 17.1. The minimum Gasteiger partial charge on any atom is -0.506 e. The quantitative estimate of drug-likeness (QED) is 0.0700. The number of pyridine rings is 1. The first-order valence-electron chi connectivity index (χ1n) is 17.1. The monoisotopic (exact) mass is 722 g/mol. The van der Waals surface area contributed by atoms with Crippen LogP contribution in [0.25, 0.3) is 10.9 Å². The summed E-state index contributed by atoms with van der Waals surface area (Å²) in [5.41, 5.74) is -0.0900. The van der Waals surface area contributed by atoms with Crippen LogP contribution in [0.1, 0.15) is 45.6 Å². The molecule has 13 nitrogen and oxygen atoms in total. The maximum absolute atomic E-state index is 12.9. The highest BCUT2D eigenvalue weighted by atomic mass is 16.5. The number of phenols is 1. The van der Waals surface area contributed by atoms with Crippen molar-refractivity contribution in [1.29, 1.82) is 0 Å².